The number of thioether (sulfide) groups is 1. The van der Waals surface area contributed by atoms with Crippen LogP contribution in [0.25, 0.3) is 0 Å². The van der Waals surface area contributed by atoms with Gasteiger partial charge in [-0.2, -0.15) is 11.8 Å². The number of esters is 1. The maximum absolute atomic E-state index is 11.6. The highest BCUT2D eigenvalue weighted by molar-refractivity contribution is 7.99. The Kier molecular flexibility index (Phi) is 10.9. The lowest BCUT2D eigenvalue weighted by atomic mass is 10.1. The molecule has 0 aliphatic heterocycles. The number of hydrogen-bond acceptors (Lipinski definition) is 4. The molecule has 1 aromatic rings. The number of unbranched alkanes of at least 4 members (excludes halogenated alkanes) is 4. The molecule has 3 nitrogen and oxygen atoms in total. The summed E-state index contributed by atoms with van der Waals surface area (Å²) in [5.74, 6) is 2.44. The van der Waals surface area contributed by atoms with Crippen LogP contribution in [0.5, 0.6) is 0 Å². The molecule has 0 amide bonds. The van der Waals surface area contributed by atoms with Gasteiger partial charge in [-0.25, -0.2) is 0 Å². The number of aromatic nitrogens is 1. The molecule has 21 heavy (non-hydrogen) atoms. The lowest BCUT2D eigenvalue weighted by Gasteiger charge is -2.05. The molecular weight excluding hydrogens is 282 g/mol. The van der Waals surface area contributed by atoms with Gasteiger partial charge < -0.3 is 4.74 Å². The van der Waals surface area contributed by atoms with Gasteiger partial charge in [-0.3, -0.25) is 9.78 Å². The maximum Gasteiger partial charge on any atom is 0.306 e. The zero-order valence-electron chi connectivity index (χ0n) is 13.1. The minimum absolute atomic E-state index is 0.101. The summed E-state index contributed by atoms with van der Waals surface area (Å²) in [5.41, 5.74) is 0.940. The molecule has 0 saturated carbocycles. The van der Waals surface area contributed by atoms with Crippen LogP contribution in [0.2, 0.25) is 0 Å². The molecule has 1 heterocycles. The molecule has 0 saturated heterocycles. The van der Waals surface area contributed by atoms with Gasteiger partial charge in [0.1, 0.15) is 6.61 Å². The fraction of sp³-hybridized carbons (Fsp3) is 0.647. The summed E-state index contributed by atoms with van der Waals surface area (Å²) in [4.78, 5) is 15.6. The average molecular weight is 309 g/mol. The molecule has 1 rings (SSSR count). The summed E-state index contributed by atoms with van der Waals surface area (Å²) in [6, 6.07) is 3.76. The summed E-state index contributed by atoms with van der Waals surface area (Å²) in [6.07, 6.45) is 11.1. The second-order valence-corrected chi connectivity index (χ2v) is 6.38. The highest BCUT2D eigenvalue weighted by Gasteiger charge is 2.03. The molecule has 0 N–H and O–H groups in total. The Morgan fingerprint density at radius 1 is 1.19 bits per heavy atom. The Morgan fingerprint density at radius 2 is 2.00 bits per heavy atom. The average Bonchev–Trinajstić information content (AvgIpc) is 2.52. The lowest BCUT2D eigenvalue weighted by molar-refractivity contribution is -0.145. The Hall–Kier alpha value is -1.03. The maximum atomic E-state index is 11.6. The van der Waals surface area contributed by atoms with Crippen molar-refractivity contribution in [2.75, 3.05) is 11.5 Å². The highest BCUT2D eigenvalue weighted by atomic mass is 32.2. The van der Waals surface area contributed by atoms with Crippen molar-refractivity contribution in [1.82, 2.24) is 4.98 Å². The van der Waals surface area contributed by atoms with E-state index in [0.717, 1.165) is 18.4 Å². The van der Waals surface area contributed by atoms with E-state index < -0.39 is 0 Å². The molecule has 0 unspecified atom stereocenters. The first-order valence-corrected chi connectivity index (χ1v) is 9.10. The highest BCUT2D eigenvalue weighted by Crippen LogP contribution is 2.11. The number of carbonyl (C=O) groups is 1. The minimum atomic E-state index is -0.101. The van der Waals surface area contributed by atoms with Gasteiger partial charge in [-0.05, 0) is 36.8 Å². The van der Waals surface area contributed by atoms with Gasteiger partial charge in [0.2, 0.25) is 0 Å². The number of ether oxygens (including phenoxy) is 1. The summed E-state index contributed by atoms with van der Waals surface area (Å²) < 4.78 is 5.22. The van der Waals surface area contributed by atoms with Gasteiger partial charge in [0.15, 0.2) is 0 Å². The van der Waals surface area contributed by atoms with E-state index >= 15 is 0 Å². The Morgan fingerprint density at radius 3 is 2.76 bits per heavy atom. The lowest BCUT2D eigenvalue weighted by Crippen LogP contribution is -2.04. The first-order chi connectivity index (χ1) is 10.3. The number of carbonyl (C=O) groups excluding carboxylic acids is 1. The van der Waals surface area contributed by atoms with E-state index in [1.54, 1.807) is 12.4 Å². The molecule has 1 aromatic heterocycles. The molecule has 0 spiro atoms. The van der Waals surface area contributed by atoms with Crippen molar-refractivity contribution in [3.63, 3.8) is 0 Å². The summed E-state index contributed by atoms with van der Waals surface area (Å²) in [6.45, 7) is 2.56. The van der Waals surface area contributed by atoms with Gasteiger partial charge >= 0.3 is 5.97 Å². The fourth-order valence-electron chi connectivity index (χ4n) is 1.89. The minimum Gasteiger partial charge on any atom is -0.461 e. The van der Waals surface area contributed by atoms with E-state index in [1.165, 1.54) is 37.2 Å². The standard InChI is InChI=1S/C17H27NO2S/c1-2-3-12-21-13-7-5-4-6-10-17(19)20-15-16-9-8-11-18-14-16/h8-9,11,14H,2-7,10,12-13,15H2,1H3. The normalized spacial score (nSPS) is 10.5. The Balaban J connectivity index is 1.89. The van der Waals surface area contributed by atoms with Crippen LogP contribution in [0.15, 0.2) is 24.5 Å². The van der Waals surface area contributed by atoms with Crippen molar-refractivity contribution in [3.05, 3.63) is 30.1 Å². The SMILES string of the molecule is CCCCSCCCCCCC(=O)OCc1cccnc1. The number of nitrogens with zero attached hydrogens (tertiary/aromatic N) is 1. The Labute approximate surface area is 132 Å². The van der Waals surface area contributed by atoms with E-state index in [4.69, 9.17) is 4.74 Å². The predicted molar refractivity (Wildman–Crippen MR) is 89.4 cm³/mol. The van der Waals surface area contributed by atoms with Crippen molar-refractivity contribution >= 4 is 17.7 Å². The smallest absolute Gasteiger partial charge is 0.306 e. The number of pyridine rings is 1. The molecule has 0 aliphatic carbocycles. The number of hydrogen-bond donors (Lipinski definition) is 0. The molecule has 0 fully saturated rings. The van der Waals surface area contributed by atoms with Crippen molar-refractivity contribution in [2.24, 2.45) is 0 Å². The van der Waals surface area contributed by atoms with Crippen molar-refractivity contribution in [2.45, 2.75) is 58.5 Å². The number of rotatable bonds is 12. The van der Waals surface area contributed by atoms with Crippen LogP contribution in [0.3, 0.4) is 0 Å². The van der Waals surface area contributed by atoms with Crippen LogP contribution >= 0.6 is 11.8 Å². The van der Waals surface area contributed by atoms with Gasteiger partial charge in [-0.1, -0.05) is 32.3 Å². The van der Waals surface area contributed by atoms with E-state index in [1.807, 2.05) is 12.1 Å². The quantitative estimate of drug-likeness (QED) is 0.417. The third kappa shape index (κ3) is 10.4. The third-order valence-corrected chi connectivity index (χ3v) is 4.34. The van der Waals surface area contributed by atoms with E-state index in [2.05, 4.69) is 23.7 Å². The van der Waals surface area contributed by atoms with Gasteiger partial charge in [0.05, 0.1) is 0 Å². The van der Waals surface area contributed by atoms with E-state index in [9.17, 15) is 4.79 Å². The summed E-state index contributed by atoms with van der Waals surface area (Å²) >= 11 is 2.05. The fourth-order valence-corrected chi connectivity index (χ4v) is 3.00. The van der Waals surface area contributed by atoms with Crippen molar-refractivity contribution < 1.29 is 9.53 Å². The van der Waals surface area contributed by atoms with Crippen LogP contribution in [0, 0.1) is 0 Å². The van der Waals surface area contributed by atoms with E-state index in [-0.39, 0.29) is 5.97 Å². The second-order valence-electron chi connectivity index (χ2n) is 5.15. The first kappa shape index (κ1) is 18.0. The van der Waals surface area contributed by atoms with Crippen LogP contribution in [0.1, 0.15) is 57.4 Å². The summed E-state index contributed by atoms with van der Waals surface area (Å²) in [7, 11) is 0. The van der Waals surface area contributed by atoms with Crippen LogP contribution < -0.4 is 0 Å². The van der Waals surface area contributed by atoms with Crippen LogP contribution in [-0.4, -0.2) is 22.5 Å². The second kappa shape index (κ2) is 12.7. The summed E-state index contributed by atoms with van der Waals surface area (Å²) in [5, 5.41) is 0. The van der Waals surface area contributed by atoms with Crippen LogP contribution in [-0.2, 0) is 16.1 Å². The molecule has 0 radical (unpaired) electrons. The molecule has 4 heteroatoms. The third-order valence-electron chi connectivity index (χ3n) is 3.18. The monoisotopic (exact) mass is 309 g/mol. The molecule has 118 valence electrons. The molecule has 0 atom stereocenters. The topological polar surface area (TPSA) is 39.2 Å². The molecule has 0 aromatic carbocycles. The van der Waals surface area contributed by atoms with Gasteiger partial charge in [0, 0.05) is 24.4 Å². The zero-order valence-corrected chi connectivity index (χ0v) is 13.9. The largest absolute Gasteiger partial charge is 0.461 e. The van der Waals surface area contributed by atoms with Crippen LogP contribution in [0.4, 0.5) is 0 Å². The van der Waals surface area contributed by atoms with Crippen molar-refractivity contribution in [1.29, 1.82) is 0 Å². The first-order valence-electron chi connectivity index (χ1n) is 7.95. The van der Waals surface area contributed by atoms with Gasteiger partial charge in [-0.15, -0.1) is 0 Å². The Bertz CT molecular complexity index is 370. The van der Waals surface area contributed by atoms with Crippen molar-refractivity contribution in [3.8, 4) is 0 Å². The molecular formula is C17H27NO2S. The zero-order chi connectivity index (χ0) is 15.2. The van der Waals surface area contributed by atoms with Gasteiger partial charge in [0.25, 0.3) is 0 Å². The molecule has 0 bridgehead atoms. The molecule has 0 aliphatic rings. The predicted octanol–water partition coefficient (Wildman–Crippen LogP) is 4.61. The van der Waals surface area contributed by atoms with E-state index in [0.29, 0.717) is 13.0 Å².